The second-order valence-electron chi connectivity index (χ2n) is 6.13. The van der Waals surface area contributed by atoms with Crippen LogP contribution >= 0.6 is 11.8 Å². The average Bonchev–Trinajstić information content (AvgIpc) is 3.37. The summed E-state index contributed by atoms with van der Waals surface area (Å²) in [6.07, 6.45) is 0. The highest BCUT2D eigenvalue weighted by atomic mass is 32.2. The van der Waals surface area contributed by atoms with E-state index in [0.29, 0.717) is 34.2 Å². The van der Waals surface area contributed by atoms with Crippen LogP contribution in [0.25, 0.3) is 11.5 Å². The van der Waals surface area contributed by atoms with Crippen LogP contribution in [0.2, 0.25) is 0 Å². The van der Waals surface area contributed by atoms with Crippen molar-refractivity contribution in [3.05, 3.63) is 48.0 Å². The van der Waals surface area contributed by atoms with Crippen LogP contribution in [0.15, 0.2) is 52.1 Å². The highest BCUT2D eigenvalue weighted by molar-refractivity contribution is 8.00. The van der Waals surface area contributed by atoms with Gasteiger partial charge in [-0.15, -0.1) is 10.2 Å². The van der Waals surface area contributed by atoms with Gasteiger partial charge in [0.1, 0.15) is 0 Å². The zero-order valence-corrected chi connectivity index (χ0v) is 16.1. The summed E-state index contributed by atoms with van der Waals surface area (Å²) < 4.78 is 16.3. The number of benzene rings is 2. The van der Waals surface area contributed by atoms with E-state index in [2.05, 4.69) is 15.5 Å². The number of nitrogens with zero attached hydrogens (tertiary/aromatic N) is 2. The van der Waals surface area contributed by atoms with E-state index in [9.17, 15) is 9.59 Å². The molecule has 1 aliphatic rings. The minimum atomic E-state index is -0.526. The molecule has 0 fully saturated rings. The molecule has 1 atom stereocenters. The summed E-state index contributed by atoms with van der Waals surface area (Å²) in [4.78, 5) is 23.5. The monoisotopic (exact) mass is 412 g/mol. The first kappa shape index (κ1) is 18.8. The molecule has 3 N–H and O–H groups in total. The average molecular weight is 412 g/mol. The van der Waals surface area contributed by atoms with Gasteiger partial charge in [0.05, 0.1) is 5.25 Å². The molecule has 0 unspecified atom stereocenters. The number of carbonyl (C=O) groups excluding carboxylic acids is 2. The van der Waals surface area contributed by atoms with Gasteiger partial charge in [-0.25, -0.2) is 0 Å². The molecule has 0 saturated heterocycles. The third-order valence-corrected chi connectivity index (χ3v) is 5.04. The maximum atomic E-state index is 12.4. The fraction of sp³-hybridized carbons (Fsp3) is 0.158. The lowest BCUT2D eigenvalue weighted by atomic mass is 10.2. The predicted molar refractivity (Wildman–Crippen MR) is 105 cm³/mol. The number of fused-ring (bicyclic) bond motifs is 1. The minimum Gasteiger partial charge on any atom is -0.454 e. The van der Waals surface area contributed by atoms with E-state index >= 15 is 0 Å². The molecule has 1 aliphatic heterocycles. The first-order chi connectivity index (χ1) is 14.0. The van der Waals surface area contributed by atoms with Gasteiger partial charge in [-0.1, -0.05) is 11.8 Å². The topological polar surface area (TPSA) is 130 Å². The van der Waals surface area contributed by atoms with E-state index in [0.717, 1.165) is 11.8 Å². The minimum absolute atomic E-state index is 0.182. The van der Waals surface area contributed by atoms with Gasteiger partial charge in [-0.3, -0.25) is 9.59 Å². The number of primary amides is 1. The number of carbonyl (C=O) groups is 2. The summed E-state index contributed by atoms with van der Waals surface area (Å²) in [5, 5.41) is 10.6. The van der Waals surface area contributed by atoms with Crippen LogP contribution in [-0.2, 0) is 4.79 Å². The highest BCUT2D eigenvalue weighted by Gasteiger charge is 2.20. The fourth-order valence-corrected chi connectivity index (χ4v) is 3.25. The van der Waals surface area contributed by atoms with Crippen LogP contribution in [-0.4, -0.2) is 34.1 Å². The number of hydrogen-bond acceptors (Lipinski definition) is 8. The van der Waals surface area contributed by atoms with Crippen molar-refractivity contribution in [2.75, 3.05) is 12.1 Å². The normalized spacial score (nSPS) is 13.1. The van der Waals surface area contributed by atoms with Crippen molar-refractivity contribution >= 4 is 29.3 Å². The summed E-state index contributed by atoms with van der Waals surface area (Å²) in [6.45, 7) is 1.91. The summed E-state index contributed by atoms with van der Waals surface area (Å²) in [7, 11) is 0. The lowest BCUT2D eigenvalue weighted by Crippen LogP contribution is -2.22. The van der Waals surface area contributed by atoms with E-state index in [1.807, 2.05) is 0 Å². The number of amides is 2. The zero-order chi connectivity index (χ0) is 20.4. The third-order valence-electron chi connectivity index (χ3n) is 4.11. The molecule has 9 nitrogen and oxygen atoms in total. The van der Waals surface area contributed by atoms with Crippen molar-refractivity contribution in [1.29, 1.82) is 0 Å². The molecule has 4 rings (SSSR count). The first-order valence-electron chi connectivity index (χ1n) is 8.60. The van der Waals surface area contributed by atoms with Gasteiger partial charge in [-0.05, 0) is 49.4 Å². The molecule has 2 aromatic carbocycles. The predicted octanol–water partition coefficient (Wildman–Crippen LogP) is 2.68. The molecule has 1 aromatic heterocycles. The molecular formula is C19H16N4O5S. The molecule has 0 saturated carbocycles. The maximum absolute atomic E-state index is 12.4. The molecule has 0 aliphatic carbocycles. The van der Waals surface area contributed by atoms with E-state index < -0.39 is 11.2 Å². The van der Waals surface area contributed by atoms with Crippen molar-refractivity contribution < 1.29 is 23.5 Å². The number of ether oxygens (including phenoxy) is 2. The van der Waals surface area contributed by atoms with Crippen LogP contribution in [0.5, 0.6) is 11.5 Å². The van der Waals surface area contributed by atoms with Crippen LogP contribution in [0, 0.1) is 0 Å². The molecular weight excluding hydrogens is 396 g/mol. The number of nitrogens with one attached hydrogen (secondary N) is 1. The second kappa shape index (κ2) is 7.84. The second-order valence-corrected chi connectivity index (χ2v) is 7.42. The molecule has 2 amide bonds. The molecule has 148 valence electrons. The number of nitrogens with two attached hydrogens (primary N) is 1. The van der Waals surface area contributed by atoms with Gasteiger partial charge in [-0.2, -0.15) is 0 Å². The van der Waals surface area contributed by atoms with Crippen LogP contribution in [0.3, 0.4) is 0 Å². The standard InChI is InChI=1S/C19H16N4O5S/c1-10(17(25)21-13-5-2-11(3-6-13)16(20)24)29-19-23-22-18(28-19)12-4-7-14-15(8-12)27-9-26-14/h2-8,10H,9H2,1H3,(H2,20,24)(H,21,25)/t10-/m0/s1. The number of hydrogen-bond donors (Lipinski definition) is 2. The van der Waals surface area contributed by atoms with E-state index in [-0.39, 0.29) is 17.9 Å². The van der Waals surface area contributed by atoms with Crippen molar-refractivity contribution in [2.45, 2.75) is 17.4 Å². The van der Waals surface area contributed by atoms with E-state index in [1.54, 1.807) is 49.4 Å². The Kier molecular flexibility index (Phi) is 5.09. The maximum Gasteiger partial charge on any atom is 0.277 e. The van der Waals surface area contributed by atoms with Gasteiger partial charge < -0.3 is 24.9 Å². The number of rotatable bonds is 6. The molecule has 10 heteroatoms. The number of thioether (sulfide) groups is 1. The van der Waals surface area contributed by atoms with E-state index in [1.165, 1.54) is 0 Å². The molecule has 29 heavy (non-hydrogen) atoms. The van der Waals surface area contributed by atoms with Crippen molar-refractivity contribution in [2.24, 2.45) is 5.73 Å². The Balaban J connectivity index is 1.39. The summed E-state index contributed by atoms with van der Waals surface area (Å²) in [5.74, 6) is 0.827. The Morgan fingerprint density at radius 3 is 2.62 bits per heavy atom. The number of anilines is 1. The summed E-state index contributed by atoms with van der Waals surface area (Å²) >= 11 is 1.14. The zero-order valence-electron chi connectivity index (χ0n) is 15.2. The first-order valence-corrected chi connectivity index (χ1v) is 9.48. The number of aromatic nitrogens is 2. The van der Waals surface area contributed by atoms with Crippen molar-refractivity contribution in [1.82, 2.24) is 10.2 Å². The largest absolute Gasteiger partial charge is 0.454 e. The summed E-state index contributed by atoms with van der Waals surface area (Å²) in [5.41, 5.74) is 6.82. The Morgan fingerprint density at radius 1 is 1.10 bits per heavy atom. The Labute approximate surface area is 169 Å². The third kappa shape index (κ3) is 4.16. The Hall–Kier alpha value is -3.53. The molecule has 2 heterocycles. The highest BCUT2D eigenvalue weighted by Crippen LogP contribution is 2.36. The molecule has 0 spiro atoms. The van der Waals surface area contributed by atoms with Crippen LogP contribution in [0.4, 0.5) is 5.69 Å². The van der Waals surface area contributed by atoms with Gasteiger partial charge in [0, 0.05) is 16.8 Å². The van der Waals surface area contributed by atoms with Crippen molar-refractivity contribution in [3.63, 3.8) is 0 Å². The lowest BCUT2D eigenvalue weighted by Gasteiger charge is -2.10. The quantitative estimate of drug-likeness (QED) is 0.591. The van der Waals surface area contributed by atoms with Gasteiger partial charge >= 0.3 is 0 Å². The van der Waals surface area contributed by atoms with Crippen molar-refractivity contribution in [3.8, 4) is 23.0 Å². The fourth-order valence-electron chi connectivity index (χ4n) is 2.57. The van der Waals surface area contributed by atoms with Gasteiger partial charge in [0.15, 0.2) is 11.5 Å². The van der Waals surface area contributed by atoms with Gasteiger partial charge in [0.25, 0.3) is 5.22 Å². The molecule has 0 radical (unpaired) electrons. The van der Waals surface area contributed by atoms with E-state index in [4.69, 9.17) is 19.6 Å². The smallest absolute Gasteiger partial charge is 0.277 e. The Morgan fingerprint density at radius 2 is 1.86 bits per heavy atom. The molecule has 3 aromatic rings. The lowest BCUT2D eigenvalue weighted by molar-refractivity contribution is -0.115. The molecule has 0 bridgehead atoms. The van der Waals surface area contributed by atoms with Gasteiger partial charge in [0.2, 0.25) is 24.5 Å². The summed E-state index contributed by atoms with van der Waals surface area (Å²) in [6, 6.07) is 11.6. The SMILES string of the molecule is C[C@H](Sc1nnc(-c2ccc3c(c2)OCO3)o1)C(=O)Nc1ccc(C(N)=O)cc1. The van der Waals surface area contributed by atoms with Crippen LogP contribution in [0.1, 0.15) is 17.3 Å². The Bertz CT molecular complexity index is 1070. The van der Waals surface area contributed by atoms with Crippen LogP contribution < -0.4 is 20.5 Å².